The molecule has 0 saturated heterocycles. The van der Waals surface area contributed by atoms with Gasteiger partial charge in [0.2, 0.25) is 21.2 Å². The first-order valence-electron chi connectivity index (χ1n) is 7.27. The van der Waals surface area contributed by atoms with Crippen LogP contribution in [0.15, 0.2) is 58.5 Å². The number of allylic oxidation sites excluding steroid dienone is 1. The van der Waals surface area contributed by atoms with Gasteiger partial charge in [-0.1, -0.05) is 6.07 Å². The number of ketones is 1. The van der Waals surface area contributed by atoms with Gasteiger partial charge in [-0.2, -0.15) is 5.10 Å². The van der Waals surface area contributed by atoms with Gasteiger partial charge in [0.1, 0.15) is 0 Å². The number of hydrogen-bond donors (Lipinski definition) is 1. The number of sulfonamides is 1. The molecule has 9 heteroatoms. The largest absolute Gasteiger partial charge is 0.383 e. The molecule has 1 heterocycles. The summed E-state index contributed by atoms with van der Waals surface area (Å²) in [6.07, 6.45) is 4.14. The van der Waals surface area contributed by atoms with Crippen molar-refractivity contribution < 1.29 is 13.2 Å². The van der Waals surface area contributed by atoms with E-state index >= 15 is 0 Å². The normalized spacial score (nSPS) is 11.6. The Kier molecular flexibility index (Phi) is 5.50. The summed E-state index contributed by atoms with van der Waals surface area (Å²) >= 11 is 0. The second-order valence-corrected chi connectivity index (χ2v) is 7.21. The van der Waals surface area contributed by atoms with E-state index in [0.717, 1.165) is 0 Å². The Morgan fingerprint density at radius 1 is 1.28 bits per heavy atom. The van der Waals surface area contributed by atoms with Gasteiger partial charge in [-0.3, -0.25) is 9.59 Å². The number of nitrogens with one attached hydrogen (secondary N) is 1. The van der Waals surface area contributed by atoms with Gasteiger partial charge in [-0.15, -0.1) is 0 Å². The quantitative estimate of drug-likeness (QED) is 0.590. The van der Waals surface area contributed by atoms with Crippen molar-refractivity contribution in [1.82, 2.24) is 19.4 Å². The van der Waals surface area contributed by atoms with Gasteiger partial charge >= 0.3 is 0 Å². The Balaban J connectivity index is 2.49. The molecule has 132 valence electrons. The Bertz CT molecular complexity index is 978. The summed E-state index contributed by atoms with van der Waals surface area (Å²) < 4.78 is 27.3. The second-order valence-electron chi connectivity index (χ2n) is 5.32. The van der Waals surface area contributed by atoms with Gasteiger partial charge < -0.3 is 4.90 Å². The predicted octanol–water partition coefficient (Wildman–Crippen LogP) is 0.399. The molecule has 0 fully saturated rings. The SMILES string of the molecule is CNS(=O)(=O)c1cccc(-n2ccc(=O)c(C(=O)C=CN(C)C)n2)c1. The summed E-state index contributed by atoms with van der Waals surface area (Å²) in [5, 5.41) is 4.04. The standard InChI is InChI=1S/C16H18N4O4S/c1-17-25(23,24)13-6-4-5-12(11-13)20-10-8-15(22)16(18-20)14(21)7-9-19(2)3/h4-11,17H,1-3H3. The maximum Gasteiger partial charge on any atom is 0.240 e. The Labute approximate surface area is 145 Å². The lowest BCUT2D eigenvalue weighted by Crippen LogP contribution is -2.21. The average molecular weight is 362 g/mol. The number of aromatic nitrogens is 2. The van der Waals surface area contributed by atoms with Crippen molar-refractivity contribution in [3.8, 4) is 5.69 Å². The molecule has 0 atom stereocenters. The van der Waals surface area contributed by atoms with Gasteiger partial charge in [0.25, 0.3) is 0 Å². The lowest BCUT2D eigenvalue weighted by atomic mass is 10.2. The van der Waals surface area contributed by atoms with Crippen molar-refractivity contribution in [1.29, 1.82) is 0 Å². The van der Waals surface area contributed by atoms with Crippen molar-refractivity contribution in [2.75, 3.05) is 21.1 Å². The fourth-order valence-electron chi connectivity index (χ4n) is 1.93. The van der Waals surface area contributed by atoms with E-state index in [-0.39, 0.29) is 10.6 Å². The first-order valence-corrected chi connectivity index (χ1v) is 8.76. The lowest BCUT2D eigenvalue weighted by Gasteiger charge is -2.09. The summed E-state index contributed by atoms with van der Waals surface area (Å²) in [6.45, 7) is 0. The van der Waals surface area contributed by atoms with Crippen LogP contribution < -0.4 is 10.2 Å². The Morgan fingerprint density at radius 3 is 2.64 bits per heavy atom. The maximum atomic E-state index is 12.1. The minimum absolute atomic E-state index is 0.0494. The van der Waals surface area contributed by atoms with Gasteiger partial charge in [-0.05, 0) is 25.2 Å². The molecule has 1 aromatic heterocycles. The zero-order valence-corrected chi connectivity index (χ0v) is 14.8. The number of hydrogen-bond acceptors (Lipinski definition) is 6. The van der Waals surface area contributed by atoms with Crippen LogP contribution in [0.25, 0.3) is 5.69 Å². The van der Waals surface area contributed by atoms with E-state index in [1.54, 1.807) is 31.1 Å². The van der Waals surface area contributed by atoms with Crippen LogP contribution in [0, 0.1) is 0 Å². The highest BCUT2D eigenvalue weighted by Gasteiger charge is 2.14. The predicted molar refractivity (Wildman–Crippen MR) is 93.2 cm³/mol. The molecule has 0 unspecified atom stereocenters. The Hall–Kier alpha value is -2.78. The highest BCUT2D eigenvalue weighted by Crippen LogP contribution is 2.13. The van der Waals surface area contributed by atoms with Crippen molar-refractivity contribution in [2.45, 2.75) is 4.90 Å². The molecule has 1 aromatic carbocycles. The summed E-state index contributed by atoms with van der Waals surface area (Å²) in [5.41, 5.74) is -0.354. The summed E-state index contributed by atoms with van der Waals surface area (Å²) in [6, 6.07) is 7.21. The Morgan fingerprint density at radius 2 is 2.00 bits per heavy atom. The third-order valence-electron chi connectivity index (χ3n) is 3.23. The maximum absolute atomic E-state index is 12.1. The minimum atomic E-state index is -3.62. The lowest BCUT2D eigenvalue weighted by molar-refractivity contribution is 0.103. The molecule has 25 heavy (non-hydrogen) atoms. The number of nitrogens with zero attached hydrogens (tertiary/aromatic N) is 3. The number of rotatable bonds is 6. The first kappa shape index (κ1) is 18.6. The first-order chi connectivity index (χ1) is 11.7. The van der Waals surface area contributed by atoms with Crippen molar-refractivity contribution >= 4 is 15.8 Å². The molecule has 0 saturated carbocycles. The van der Waals surface area contributed by atoms with E-state index in [2.05, 4.69) is 9.82 Å². The van der Waals surface area contributed by atoms with Crippen LogP contribution in [0.3, 0.4) is 0 Å². The molecule has 2 aromatic rings. The molecule has 0 radical (unpaired) electrons. The molecule has 0 aliphatic carbocycles. The van der Waals surface area contributed by atoms with Crippen LogP contribution in [0.1, 0.15) is 10.5 Å². The van der Waals surface area contributed by atoms with Crippen LogP contribution >= 0.6 is 0 Å². The molecule has 0 spiro atoms. The molecule has 2 rings (SSSR count). The fourth-order valence-corrected chi connectivity index (χ4v) is 2.70. The number of benzene rings is 1. The van der Waals surface area contributed by atoms with E-state index in [4.69, 9.17) is 0 Å². The zero-order valence-electron chi connectivity index (χ0n) is 14.0. The number of carbonyl (C=O) groups excluding carboxylic acids is 1. The monoisotopic (exact) mass is 362 g/mol. The molecular formula is C16H18N4O4S. The van der Waals surface area contributed by atoms with Crippen molar-refractivity contribution in [3.05, 3.63) is 64.7 Å². The van der Waals surface area contributed by atoms with Crippen LogP contribution in [0.2, 0.25) is 0 Å². The van der Waals surface area contributed by atoms with Gasteiger partial charge in [0, 0.05) is 38.6 Å². The topological polar surface area (TPSA) is 101 Å². The molecule has 1 N–H and O–H groups in total. The third kappa shape index (κ3) is 4.40. The average Bonchev–Trinajstić information content (AvgIpc) is 2.60. The summed E-state index contributed by atoms with van der Waals surface area (Å²) in [5.74, 6) is -0.535. The molecule has 0 aliphatic heterocycles. The molecule has 0 aliphatic rings. The van der Waals surface area contributed by atoms with Gasteiger partial charge in [-0.25, -0.2) is 17.8 Å². The highest BCUT2D eigenvalue weighted by molar-refractivity contribution is 7.89. The zero-order chi connectivity index (χ0) is 18.6. The third-order valence-corrected chi connectivity index (χ3v) is 4.64. The van der Waals surface area contributed by atoms with E-state index in [1.807, 2.05) is 0 Å². The van der Waals surface area contributed by atoms with Crippen LogP contribution in [-0.2, 0) is 10.0 Å². The highest BCUT2D eigenvalue weighted by atomic mass is 32.2. The van der Waals surface area contributed by atoms with Gasteiger partial charge in [0.05, 0.1) is 10.6 Å². The van der Waals surface area contributed by atoms with Crippen molar-refractivity contribution in [3.63, 3.8) is 0 Å². The number of carbonyl (C=O) groups is 1. The molecule has 0 bridgehead atoms. The minimum Gasteiger partial charge on any atom is -0.383 e. The molecule has 8 nitrogen and oxygen atoms in total. The van der Waals surface area contributed by atoms with Crippen molar-refractivity contribution in [2.24, 2.45) is 0 Å². The van der Waals surface area contributed by atoms with Crippen LogP contribution in [0.5, 0.6) is 0 Å². The van der Waals surface area contributed by atoms with Crippen LogP contribution in [0.4, 0.5) is 0 Å². The van der Waals surface area contributed by atoms with E-state index in [9.17, 15) is 18.0 Å². The van der Waals surface area contributed by atoms with E-state index in [1.165, 1.54) is 48.4 Å². The molecule has 0 amide bonds. The molecular weight excluding hydrogens is 344 g/mol. The smallest absolute Gasteiger partial charge is 0.240 e. The summed E-state index contributed by atoms with van der Waals surface area (Å²) in [4.78, 5) is 25.7. The second kappa shape index (κ2) is 7.41. The van der Waals surface area contributed by atoms with Gasteiger partial charge in [0.15, 0.2) is 5.69 Å². The van der Waals surface area contributed by atoms with E-state index < -0.39 is 21.2 Å². The summed E-state index contributed by atoms with van der Waals surface area (Å²) in [7, 11) is 1.18. The fraction of sp³-hybridized carbons (Fsp3) is 0.188. The van der Waals surface area contributed by atoms with Crippen LogP contribution in [-0.4, -0.2) is 50.0 Å². The van der Waals surface area contributed by atoms with E-state index in [0.29, 0.717) is 5.69 Å².